The monoisotopic (exact) mass is 334 g/mol. The van der Waals surface area contributed by atoms with Gasteiger partial charge in [-0.3, -0.25) is 14.6 Å². The fourth-order valence-electron chi connectivity index (χ4n) is 2.43. The summed E-state index contributed by atoms with van der Waals surface area (Å²) in [5, 5.41) is 3.42. The van der Waals surface area contributed by atoms with Gasteiger partial charge in [-0.25, -0.2) is 4.98 Å². The maximum atomic E-state index is 12.6. The van der Waals surface area contributed by atoms with E-state index >= 15 is 0 Å². The van der Waals surface area contributed by atoms with Crippen LogP contribution in [0.5, 0.6) is 0 Å². The minimum Gasteiger partial charge on any atom is -0.347 e. The first-order chi connectivity index (χ1) is 12.1. The van der Waals surface area contributed by atoms with Crippen molar-refractivity contribution in [1.82, 2.24) is 20.2 Å². The van der Waals surface area contributed by atoms with Gasteiger partial charge in [-0.1, -0.05) is 18.2 Å². The molecule has 0 fully saturated rings. The Balaban J connectivity index is 2.01. The van der Waals surface area contributed by atoms with E-state index in [2.05, 4.69) is 15.3 Å². The van der Waals surface area contributed by atoms with Crippen molar-refractivity contribution in [2.24, 2.45) is 0 Å². The van der Waals surface area contributed by atoms with Crippen molar-refractivity contribution in [2.45, 2.75) is 0 Å². The first-order valence-corrected chi connectivity index (χ1v) is 7.85. The molecule has 0 bridgehead atoms. The van der Waals surface area contributed by atoms with Crippen LogP contribution in [0, 0.1) is 0 Å². The summed E-state index contributed by atoms with van der Waals surface area (Å²) in [4.78, 5) is 34.5. The molecule has 0 unspecified atom stereocenters. The number of fused-ring (bicyclic) bond motifs is 1. The van der Waals surface area contributed by atoms with Gasteiger partial charge in [0.2, 0.25) is 5.91 Å². The first kappa shape index (κ1) is 16.6. The molecule has 1 N–H and O–H groups in total. The molecule has 2 heterocycles. The van der Waals surface area contributed by atoms with Crippen LogP contribution in [0.1, 0.15) is 10.4 Å². The molecule has 0 spiro atoms. The maximum Gasteiger partial charge on any atom is 0.252 e. The number of aromatic nitrogens is 2. The molecular formula is C19H18N4O2. The highest BCUT2D eigenvalue weighted by atomic mass is 16.2. The molecule has 0 saturated heterocycles. The Kier molecular flexibility index (Phi) is 4.70. The number of nitrogens with one attached hydrogen (secondary N) is 1. The molecule has 0 radical (unpaired) electrons. The molecule has 1 aromatic carbocycles. The second-order valence-corrected chi connectivity index (χ2v) is 5.78. The molecular weight excluding hydrogens is 316 g/mol. The zero-order valence-electron chi connectivity index (χ0n) is 14.1. The molecule has 2 amide bonds. The van der Waals surface area contributed by atoms with Crippen molar-refractivity contribution < 1.29 is 9.59 Å². The summed E-state index contributed by atoms with van der Waals surface area (Å²) in [6, 6.07) is 12.9. The van der Waals surface area contributed by atoms with Crippen LogP contribution in [-0.2, 0) is 4.79 Å². The van der Waals surface area contributed by atoms with Gasteiger partial charge in [0.05, 0.1) is 23.3 Å². The second-order valence-electron chi connectivity index (χ2n) is 5.78. The van der Waals surface area contributed by atoms with Crippen molar-refractivity contribution in [3.63, 3.8) is 0 Å². The number of hydrogen-bond acceptors (Lipinski definition) is 4. The number of carbonyl (C=O) groups is 2. The minimum atomic E-state index is -0.307. The summed E-state index contributed by atoms with van der Waals surface area (Å²) in [7, 11) is 3.30. The highest BCUT2D eigenvalue weighted by Gasteiger charge is 2.15. The van der Waals surface area contributed by atoms with Crippen molar-refractivity contribution >= 4 is 22.7 Å². The smallest absolute Gasteiger partial charge is 0.252 e. The lowest BCUT2D eigenvalue weighted by Crippen LogP contribution is -2.36. The number of amides is 2. The summed E-state index contributed by atoms with van der Waals surface area (Å²) in [5.74, 6) is -0.474. The molecule has 3 rings (SSSR count). The summed E-state index contributed by atoms with van der Waals surface area (Å²) >= 11 is 0. The summed E-state index contributed by atoms with van der Waals surface area (Å²) in [5.41, 5.74) is 2.69. The third-order valence-corrected chi connectivity index (χ3v) is 3.82. The zero-order valence-corrected chi connectivity index (χ0v) is 14.1. The van der Waals surface area contributed by atoms with Crippen molar-refractivity contribution in [1.29, 1.82) is 0 Å². The molecule has 6 heteroatoms. The highest BCUT2D eigenvalue weighted by molar-refractivity contribution is 6.07. The van der Waals surface area contributed by atoms with Gasteiger partial charge in [0.25, 0.3) is 5.91 Å². The quantitative estimate of drug-likeness (QED) is 0.793. The van der Waals surface area contributed by atoms with E-state index in [1.807, 2.05) is 36.4 Å². The molecule has 0 aliphatic rings. The van der Waals surface area contributed by atoms with E-state index in [0.29, 0.717) is 16.8 Å². The second kappa shape index (κ2) is 7.09. The van der Waals surface area contributed by atoms with Crippen LogP contribution in [0.2, 0.25) is 0 Å². The lowest BCUT2D eigenvalue weighted by molar-refractivity contribution is -0.127. The summed E-state index contributed by atoms with van der Waals surface area (Å²) < 4.78 is 0. The van der Waals surface area contributed by atoms with Gasteiger partial charge in [-0.2, -0.15) is 0 Å². The van der Waals surface area contributed by atoms with E-state index in [1.54, 1.807) is 32.6 Å². The number of rotatable bonds is 4. The third kappa shape index (κ3) is 3.63. The molecule has 0 atom stereocenters. The van der Waals surface area contributed by atoms with Crippen molar-refractivity contribution in [3.05, 3.63) is 60.4 Å². The van der Waals surface area contributed by atoms with Gasteiger partial charge in [-0.05, 0) is 24.3 Å². The number of pyridine rings is 2. The minimum absolute atomic E-state index is 0.0509. The number of para-hydroxylation sites is 1. The van der Waals surface area contributed by atoms with Crippen LogP contribution in [0.25, 0.3) is 22.2 Å². The molecule has 0 aliphatic heterocycles. The third-order valence-electron chi connectivity index (χ3n) is 3.82. The number of carbonyl (C=O) groups excluding carboxylic acids is 2. The molecule has 126 valence electrons. The average molecular weight is 334 g/mol. The number of likely N-dealkylation sites (N-methyl/N-ethyl adjacent to an activating group) is 1. The molecule has 3 aromatic rings. The predicted octanol–water partition coefficient (Wildman–Crippen LogP) is 2.11. The van der Waals surface area contributed by atoms with Crippen LogP contribution in [0.15, 0.2) is 54.9 Å². The topological polar surface area (TPSA) is 75.2 Å². The van der Waals surface area contributed by atoms with Gasteiger partial charge >= 0.3 is 0 Å². The van der Waals surface area contributed by atoms with Gasteiger partial charge in [-0.15, -0.1) is 0 Å². The van der Waals surface area contributed by atoms with E-state index < -0.39 is 0 Å². The standard InChI is InChI=1S/C19H18N4O2/c1-23(2)18(24)12-21-19(25)15-10-17(13-6-5-9-20-11-13)22-16-8-4-3-7-14(15)16/h3-11H,12H2,1-2H3,(H,21,25). The Bertz CT molecular complexity index is 923. The van der Waals surface area contributed by atoms with Gasteiger partial charge < -0.3 is 10.2 Å². The normalized spacial score (nSPS) is 10.5. The lowest BCUT2D eigenvalue weighted by Gasteiger charge is -2.13. The Morgan fingerprint density at radius 2 is 1.92 bits per heavy atom. The van der Waals surface area contributed by atoms with Crippen LogP contribution in [-0.4, -0.2) is 47.3 Å². The molecule has 0 aliphatic carbocycles. The fourth-order valence-corrected chi connectivity index (χ4v) is 2.43. The van der Waals surface area contributed by atoms with Crippen molar-refractivity contribution in [3.8, 4) is 11.3 Å². The predicted molar refractivity (Wildman–Crippen MR) is 96.0 cm³/mol. The van der Waals surface area contributed by atoms with Crippen LogP contribution in [0.3, 0.4) is 0 Å². The van der Waals surface area contributed by atoms with Crippen LogP contribution in [0.4, 0.5) is 0 Å². The molecule has 6 nitrogen and oxygen atoms in total. The summed E-state index contributed by atoms with van der Waals surface area (Å²) in [6.45, 7) is -0.0509. The van der Waals surface area contributed by atoms with E-state index in [4.69, 9.17) is 0 Å². The molecule has 2 aromatic heterocycles. The van der Waals surface area contributed by atoms with Crippen LogP contribution >= 0.6 is 0 Å². The molecule has 25 heavy (non-hydrogen) atoms. The maximum absolute atomic E-state index is 12.6. The van der Waals surface area contributed by atoms with Gasteiger partial charge in [0.15, 0.2) is 0 Å². The van der Waals surface area contributed by atoms with Gasteiger partial charge in [0.1, 0.15) is 0 Å². The van der Waals surface area contributed by atoms with E-state index in [9.17, 15) is 9.59 Å². The summed E-state index contributed by atoms with van der Waals surface area (Å²) in [6.07, 6.45) is 3.39. The van der Waals surface area contributed by atoms with Crippen molar-refractivity contribution in [2.75, 3.05) is 20.6 Å². The highest BCUT2D eigenvalue weighted by Crippen LogP contribution is 2.24. The fraction of sp³-hybridized carbons (Fsp3) is 0.158. The Morgan fingerprint density at radius 1 is 1.12 bits per heavy atom. The zero-order chi connectivity index (χ0) is 17.8. The Morgan fingerprint density at radius 3 is 2.64 bits per heavy atom. The molecule has 0 saturated carbocycles. The van der Waals surface area contributed by atoms with E-state index in [0.717, 1.165) is 10.9 Å². The van der Waals surface area contributed by atoms with E-state index in [1.165, 1.54) is 4.90 Å². The number of nitrogens with zero attached hydrogens (tertiary/aromatic N) is 3. The van der Waals surface area contributed by atoms with E-state index in [-0.39, 0.29) is 18.4 Å². The number of hydrogen-bond donors (Lipinski definition) is 1. The number of benzene rings is 1. The Hall–Kier alpha value is -3.28. The SMILES string of the molecule is CN(C)C(=O)CNC(=O)c1cc(-c2cccnc2)nc2ccccc12. The first-order valence-electron chi connectivity index (χ1n) is 7.85. The Labute approximate surface area is 145 Å². The lowest BCUT2D eigenvalue weighted by atomic mass is 10.0. The largest absolute Gasteiger partial charge is 0.347 e. The van der Waals surface area contributed by atoms with Crippen LogP contribution < -0.4 is 5.32 Å². The average Bonchev–Trinajstić information content (AvgIpc) is 2.65. The van der Waals surface area contributed by atoms with Gasteiger partial charge in [0, 0.05) is 37.4 Å².